The highest BCUT2D eigenvalue weighted by Gasteiger charge is 2.24. The minimum absolute atomic E-state index is 0.291. The highest BCUT2D eigenvalue weighted by molar-refractivity contribution is 6.18. The summed E-state index contributed by atoms with van der Waals surface area (Å²) in [6.07, 6.45) is 0. The Bertz CT molecular complexity index is 1150. The lowest BCUT2D eigenvalue weighted by molar-refractivity contribution is 0.0976. The molecule has 0 bridgehead atoms. The molecule has 0 aliphatic heterocycles. The van der Waals surface area contributed by atoms with Crippen LogP contribution in [-0.4, -0.2) is 11.8 Å². The summed E-state index contributed by atoms with van der Waals surface area (Å²) < 4.78 is 0. The number of anilines is 4. The van der Waals surface area contributed by atoms with E-state index >= 15 is 0 Å². The van der Waals surface area contributed by atoms with E-state index in [1.54, 1.807) is 53.4 Å². The van der Waals surface area contributed by atoms with Gasteiger partial charge in [-0.3, -0.25) is 14.5 Å². The molecule has 2 amide bonds. The number of nitrogen functional groups attached to an aromatic ring is 1. The largest absolute Gasteiger partial charge is 0.399 e. The fourth-order valence-electron chi connectivity index (χ4n) is 3.29. The first-order valence-electron chi connectivity index (χ1n) is 9.84. The predicted molar refractivity (Wildman–Crippen MR) is 125 cm³/mol. The number of amides is 2. The lowest BCUT2D eigenvalue weighted by atomic mass is 10.0. The van der Waals surface area contributed by atoms with Gasteiger partial charge >= 0.3 is 0 Å². The smallest absolute Gasteiger partial charge is 0.263 e. The Hall–Kier alpha value is -4.38. The fraction of sp³-hybridized carbons (Fsp3) is 0. The summed E-state index contributed by atoms with van der Waals surface area (Å²) in [7, 11) is 0. The molecule has 152 valence electrons. The summed E-state index contributed by atoms with van der Waals surface area (Å²) in [5.41, 5.74) is 8.95. The molecular weight excluding hydrogens is 386 g/mol. The molecule has 0 unspecified atom stereocenters. The van der Waals surface area contributed by atoms with E-state index in [9.17, 15) is 9.59 Å². The molecule has 4 aromatic rings. The molecular formula is C26H21N3O2. The van der Waals surface area contributed by atoms with Gasteiger partial charge in [0.05, 0.1) is 11.1 Å². The van der Waals surface area contributed by atoms with Crippen molar-refractivity contribution in [2.24, 2.45) is 0 Å². The summed E-state index contributed by atoms with van der Waals surface area (Å²) in [5, 5.41) is 2.83. The van der Waals surface area contributed by atoms with Crippen molar-refractivity contribution < 1.29 is 9.59 Å². The van der Waals surface area contributed by atoms with E-state index < -0.39 is 0 Å². The second-order valence-electron chi connectivity index (χ2n) is 6.93. The third-order valence-electron chi connectivity index (χ3n) is 4.80. The number of nitrogens with zero attached hydrogens (tertiary/aromatic N) is 1. The number of hydrogen-bond acceptors (Lipinski definition) is 3. The van der Waals surface area contributed by atoms with Gasteiger partial charge in [-0.15, -0.1) is 0 Å². The first-order valence-corrected chi connectivity index (χ1v) is 9.84. The van der Waals surface area contributed by atoms with Crippen LogP contribution >= 0.6 is 0 Å². The van der Waals surface area contributed by atoms with Crippen LogP contribution in [0.2, 0.25) is 0 Å². The highest BCUT2D eigenvalue weighted by Crippen LogP contribution is 2.28. The summed E-state index contributed by atoms with van der Waals surface area (Å²) in [5.74, 6) is -0.657. The molecule has 0 radical (unpaired) electrons. The van der Waals surface area contributed by atoms with Gasteiger partial charge in [-0.05, 0) is 60.7 Å². The quantitative estimate of drug-likeness (QED) is 0.429. The SMILES string of the molecule is Nc1ccc(NC(=O)c2ccccc2C(=O)N(c2ccccc2)c2ccccc2)cc1. The molecule has 0 spiro atoms. The predicted octanol–water partition coefficient (Wildman–Crippen LogP) is 5.50. The van der Waals surface area contributed by atoms with Gasteiger partial charge in [0, 0.05) is 22.7 Å². The van der Waals surface area contributed by atoms with Gasteiger partial charge in [0.25, 0.3) is 11.8 Å². The standard InChI is InChI=1S/C26H21N3O2/c27-19-15-17-20(18-16-19)28-25(30)23-13-7-8-14-24(23)26(31)29(21-9-3-1-4-10-21)22-11-5-2-6-12-22/h1-18H,27H2,(H,28,30). The van der Waals surface area contributed by atoms with Gasteiger partial charge in [-0.25, -0.2) is 0 Å². The van der Waals surface area contributed by atoms with Crippen molar-refractivity contribution >= 4 is 34.6 Å². The Morgan fingerprint density at radius 1 is 0.613 bits per heavy atom. The topological polar surface area (TPSA) is 75.4 Å². The maximum atomic E-state index is 13.7. The van der Waals surface area contributed by atoms with Crippen LogP contribution < -0.4 is 16.0 Å². The first kappa shape index (κ1) is 19.9. The van der Waals surface area contributed by atoms with E-state index in [0.29, 0.717) is 33.9 Å². The maximum Gasteiger partial charge on any atom is 0.263 e. The minimum atomic E-state index is -0.366. The van der Waals surface area contributed by atoms with Gasteiger partial charge in [-0.2, -0.15) is 0 Å². The summed E-state index contributed by atoms with van der Waals surface area (Å²) in [4.78, 5) is 28.3. The summed E-state index contributed by atoms with van der Waals surface area (Å²) in [6.45, 7) is 0. The van der Waals surface area contributed by atoms with Gasteiger partial charge in [-0.1, -0.05) is 48.5 Å². The maximum absolute atomic E-state index is 13.7. The lowest BCUT2D eigenvalue weighted by Crippen LogP contribution is -2.28. The molecule has 0 atom stereocenters. The van der Waals surface area contributed by atoms with Crippen molar-refractivity contribution in [1.29, 1.82) is 0 Å². The van der Waals surface area contributed by atoms with Crippen molar-refractivity contribution in [2.45, 2.75) is 0 Å². The molecule has 5 heteroatoms. The molecule has 0 fully saturated rings. The molecule has 0 aliphatic rings. The molecule has 0 heterocycles. The van der Waals surface area contributed by atoms with Gasteiger partial charge < -0.3 is 11.1 Å². The van der Waals surface area contributed by atoms with Gasteiger partial charge in [0.2, 0.25) is 0 Å². The van der Waals surface area contributed by atoms with Crippen LogP contribution in [0.25, 0.3) is 0 Å². The third kappa shape index (κ3) is 4.46. The van der Waals surface area contributed by atoms with Crippen LogP contribution in [0.4, 0.5) is 22.7 Å². The van der Waals surface area contributed by atoms with E-state index in [2.05, 4.69) is 5.32 Å². The fourth-order valence-corrected chi connectivity index (χ4v) is 3.29. The van der Waals surface area contributed by atoms with Crippen molar-refractivity contribution in [3.05, 3.63) is 120 Å². The van der Waals surface area contributed by atoms with E-state index in [0.717, 1.165) is 0 Å². The van der Waals surface area contributed by atoms with Crippen LogP contribution in [0.3, 0.4) is 0 Å². The van der Waals surface area contributed by atoms with Gasteiger partial charge in [0.15, 0.2) is 0 Å². The number of rotatable bonds is 5. The van der Waals surface area contributed by atoms with E-state index in [4.69, 9.17) is 5.73 Å². The van der Waals surface area contributed by atoms with E-state index in [1.165, 1.54) is 0 Å². The molecule has 3 N–H and O–H groups in total. The minimum Gasteiger partial charge on any atom is -0.399 e. The van der Waals surface area contributed by atoms with E-state index in [-0.39, 0.29) is 11.8 Å². The monoisotopic (exact) mass is 407 g/mol. The van der Waals surface area contributed by atoms with Crippen molar-refractivity contribution in [3.63, 3.8) is 0 Å². The Balaban J connectivity index is 1.72. The van der Waals surface area contributed by atoms with Crippen LogP contribution in [0.1, 0.15) is 20.7 Å². The number of benzene rings is 4. The van der Waals surface area contributed by atoms with Crippen molar-refractivity contribution in [1.82, 2.24) is 0 Å². The number of carbonyl (C=O) groups excluding carboxylic acids is 2. The Morgan fingerprint density at radius 3 is 1.65 bits per heavy atom. The summed E-state index contributed by atoms with van der Waals surface area (Å²) >= 11 is 0. The van der Waals surface area contributed by atoms with Crippen LogP contribution in [-0.2, 0) is 0 Å². The lowest BCUT2D eigenvalue weighted by Gasteiger charge is -2.24. The molecule has 4 aromatic carbocycles. The van der Waals surface area contributed by atoms with Crippen molar-refractivity contribution in [3.8, 4) is 0 Å². The second kappa shape index (κ2) is 8.97. The zero-order valence-corrected chi connectivity index (χ0v) is 16.7. The van der Waals surface area contributed by atoms with Crippen LogP contribution in [0.15, 0.2) is 109 Å². The Morgan fingerprint density at radius 2 is 1.10 bits per heavy atom. The molecule has 0 saturated heterocycles. The number of carbonyl (C=O) groups is 2. The molecule has 5 nitrogen and oxygen atoms in total. The average Bonchev–Trinajstić information content (AvgIpc) is 2.82. The Labute approximate surface area is 180 Å². The van der Waals surface area contributed by atoms with E-state index in [1.807, 2.05) is 60.7 Å². The molecule has 0 saturated carbocycles. The molecule has 4 rings (SSSR count). The normalized spacial score (nSPS) is 10.3. The number of hydrogen-bond donors (Lipinski definition) is 2. The molecule has 31 heavy (non-hydrogen) atoms. The molecule has 0 aliphatic carbocycles. The number of nitrogens with one attached hydrogen (secondary N) is 1. The number of nitrogens with two attached hydrogens (primary N) is 1. The zero-order chi connectivity index (χ0) is 21.6. The zero-order valence-electron chi connectivity index (χ0n) is 16.7. The van der Waals surface area contributed by atoms with Crippen LogP contribution in [0.5, 0.6) is 0 Å². The number of para-hydroxylation sites is 2. The third-order valence-corrected chi connectivity index (χ3v) is 4.80. The average molecular weight is 407 g/mol. The molecule has 0 aromatic heterocycles. The highest BCUT2D eigenvalue weighted by atomic mass is 16.2. The first-order chi connectivity index (χ1) is 15.1. The van der Waals surface area contributed by atoms with Crippen molar-refractivity contribution in [2.75, 3.05) is 16.0 Å². The van der Waals surface area contributed by atoms with Gasteiger partial charge in [0.1, 0.15) is 0 Å². The summed E-state index contributed by atoms with van der Waals surface area (Å²) in [6, 6.07) is 32.4. The second-order valence-corrected chi connectivity index (χ2v) is 6.93. The Kier molecular flexibility index (Phi) is 5.76. The van der Waals surface area contributed by atoms with Crippen LogP contribution in [0, 0.1) is 0 Å².